The largest absolute Gasteiger partial charge is 0.330 e. The maximum absolute atomic E-state index is 6.09. The number of benzene rings is 1. The van der Waals surface area contributed by atoms with Gasteiger partial charge in [-0.25, -0.2) is 0 Å². The van der Waals surface area contributed by atoms with Crippen LogP contribution in [0.3, 0.4) is 0 Å². The summed E-state index contributed by atoms with van der Waals surface area (Å²) in [5, 5.41) is 0.759. The number of aryl methyl sites for hydroxylation is 1. The van der Waals surface area contributed by atoms with E-state index in [2.05, 4.69) is 0 Å². The second-order valence-electron chi connectivity index (χ2n) is 3.51. The highest BCUT2D eigenvalue weighted by atomic mass is 35.5. The molecule has 1 aromatic carbocycles. The minimum Gasteiger partial charge on any atom is -0.330 e. The van der Waals surface area contributed by atoms with E-state index in [1.807, 2.05) is 25.1 Å². The lowest BCUT2D eigenvalue weighted by molar-refractivity contribution is 0.615. The number of halogens is 1. The van der Waals surface area contributed by atoms with Crippen molar-refractivity contribution >= 4 is 11.6 Å². The SMILES string of the molecule is Cc1cccc(Cl)c1[C@H](N)CCCN. The molecule has 0 amide bonds. The van der Waals surface area contributed by atoms with E-state index in [9.17, 15) is 0 Å². The molecule has 1 rings (SSSR count). The lowest BCUT2D eigenvalue weighted by Gasteiger charge is -2.15. The van der Waals surface area contributed by atoms with Crippen LogP contribution in [0.4, 0.5) is 0 Å². The quantitative estimate of drug-likeness (QED) is 0.805. The highest BCUT2D eigenvalue weighted by Crippen LogP contribution is 2.27. The van der Waals surface area contributed by atoms with Crippen LogP contribution in [-0.4, -0.2) is 6.54 Å². The van der Waals surface area contributed by atoms with Gasteiger partial charge in [-0.1, -0.05) is 23.7 Å². The average Bonchev–Trinajstić information content (AvgIpc) is 2.14. The normalized spacial score (nSPS) is 12.9. The Bertz CT molecular complexity index is 279. The molecule has 2 nitrogen and oxygen atoms in total. The molecule has 1 aromatic rings. The van der Waals surface area contributed by atoms with Gasteiger partial charge in [0.15, 0.2) is 0 Å². The lowest BCUT2D eigenvalue weighted by Crippen LogP contribution is -2.14. The third-order valence-electron chi connectivity index (χ3n) is 2.36. The fourth-order valence-corrected chi connectivity index (χ4v) is 1.96. The van der Waals surface area contributed by atoms with Crippen molar-refractivity contribution in [3.8, 4) is 0 Å². The lowest BCUT2D eigenvalue weighted by atomic mass is 9.98. The Labute approximate surface area is 90.2 Å². The number of nitrogens with two attached hydrogens (primary N) is 2. The van der Waals surface area contributed by atoms with E-state index in [1.165, 1.54) is 0 Å². The smallest absolute Gasteiger partial charge is 0.0456 e. The first-order valence-corrected chi connectivity index (χ1v) is 5.25. The van der Waals surface area contributed by atoms with Gasteiger partial charge in [0, 0.05) is 11.1 Å². The minimum atomic E-state index is 0.00671. The molecule has 0 fully saturated rings. The van der Waals surface area contributed by atoms with Crippen molar-refractivity contribution in [2.45, 2.75) is 25.8 Å². The molecule has 0 unspecified atom stereocenters. The first-order valence-electron chi connectivity index (χ1n) is 4.87. The van der Waals surface area contributed by atoms with Crippen LogP contribution in [0.2, 0.25) is 5.02 Å². The van der Waals surface area contributed by atoms with E-state index < -0.39 is 0 Å². The predicted molar refractivity (Wildman–Crippen MR) is 61.4 cm³/mol. The van der Waals surface area contributed by atoms with Crippen LogP contribution in [-0.2, 0) is 0 Å². The van der Waals surface area contributed by atoms with Crippen LogP contribution in [0.1, 0.15) is 30.0 Å². The zero-order chi connectivity index (χ0) is 10.6. The molecule has 3 heteroatoms. The molecule has 4 N–H and O–H groups in total. The van der Waals surface area contributed by atoms with Crippen LogP contribution in [0.5, 0.6) is 0 Å². The molecule has 0 aliphatic carbocycles. The highest BCUT2D eigenvalue weighted by molar-refractivity contribution is 6.31. The van der Waals surface area contributed by atoms with Gasteiger partial charge in [-0.2, -0.15) is 0 Å². The van der Waals surface area contributed by atoms with E-state index in [0.717, 1.165) is 29.0 Å². The van der Waals surface area contributed by atoms with Crippen molar-refractivity contribution in [1.29, 1.82) is 0 Å². The molecule has 0 aromatic heterocycles. The van der Waals surface area contributed by atoms with Crippen LogP contribution in [0, 0.1) is 6.92 Å². The molecular weight excluding hydrogens is 196 g/mol. The van der Waals surface area contributed by atoms with Crippen LogP contribution >= 0.6 is 11.6 Å². The third-order valence-corrected chi connectivity index (χ3v) is 2.69. The first kappa shape index (κ1) is 11.5. The molecule has 0 saturated heterocycles. The summed E-state index contributed by atoms with van der Waals surface area (Å²) in [6.45, 7) is 2.71. The highest BCUT2D eigenvalue weighted by Gasteiger charge is 2.11. The van der Waals surface area contributed by atoms with E-state index in [4.69, 9.17) is 23.1 Å². The molecular formula is C11H17ClN2. The summed E-state index contributed by atoms with van der Waals surface area (Å²) >= 11 is 6.09. The van der Waals surface area contributed by atoms with Gasteiger partial charge in [0.05, 0.1) is 0 Å². The van der Waals surface area contributed by atoms with Gasteiger partial charge < -0.3 is 11.5 Å². The summed E-state index contributed by atoms with van der Waals surface area (Å²) in [6.07, 6.45) is 1.83. The van der Waals surface area contributed by atoms with Crippen molar-refractivity contribution in [2.75, 3.05) is 6.54 Å². The third kappa shape index (κ3) is 2.71. The summed E-state index contributed by atoms with van der Waals surface area (Å²) in [5.74, 6) is 0. The van der Waals surface area contributed by atoms with E-state index >= 15 is 0 Å². The molecule has 0 radical (unpaired) electrons. The second kappa shape index (κ2) is 5.35. The molecule has 0 saturated carbocycles. The van der Waals surface area contributed by atoms with Crippen molar-refractivity contribution in [3.05, 3.63) is 34.3 Å². The summed E-state index contributed by atoms with van der Waals surface area (Å²) < 4.78 is 0. The monoisotopic (exact) mass is 212 g/mol. The molecule has 0 heterocycles. The second-order valence-corrected chi connectivity index (χ2v) is 3.92. The summed E-state index contributed by atoms with van der Waals surface area (Å²) in [4.78, 5) is 0. The van der Waals surface area contributed by atoms with Gasteiger partial charge in [-0.05, 0) is 43.5 Å². The van der Waals surface area contributed by atoms with E-state index in [-0.39, 0.29) is 6.04 Å². The van der Waals surface area contributed by atoms with E-state index in [1.54, 1.807) is 0 Å². The Morgan fingerprint density at radius 2 is 2.14 bits per heavy atom. The molecule has 0 bridgehead atoms. The Balaban J connectivity index is 2.82. The maximum atomic E-state index is 6.09. The maximum Gasteiger partial charge on any atom is 0.0456 e. The Hall–Kier alpha value is -0.570. The van der Waals surface area contributed by atoms with Gasteiger partial charge >= 0.3 is 0 Å². The summed E-state index contributed by atoms with van der Waals surface area (Å²) in [6, 6.07) is 5.86. The van der Waals surface area contributed by atoms with Gasteiger partial charge in [0.1, 0.15) is 0 Å². The fourth-order valence-electron chi connectivity index (χ4n) is 1.60. The average molecular weight is 213 g/mol. The van der Waals surface area contributed by atoms with Crippen molar-refractivity contribution < 1.29 is 0 Å². The van der Waals surface area contributed by atoms with Gasteiger partial charge in [-0.15, -0.1) is 0 Å². The fraction of sp³-hybridized carbons (Fsp3) is 0.455. The van der Waals surface area contributed by atoms with Crippen molar-refractivity contribution in [2.24, 2.45) is 11.5 Å². The Morgan fingerprint density at radius 1 is 1.43 bits per heavy atom. The van der Waals surface area contributed by atoms with Crippen LogP contribution < -0.4 is 11.5 Å². The Kier molecular flexibility index (Phi) is 4.39. The molecule has 0 aliphatic heterocycles. The zero-order valence-corrected chi connectivity index (χ0v) is 9.22. The number of rotatable bonds is 4. The van der Waals surface area contributed by atoms with Crippen LogP contribution in [0.25, 0.3) is 0 Å². The molecule has 0 spiro atoms. The molecule has 14 heavy (non-hydrogen) atoms. The zero-order valence-electron chi connectivity index (χ0n) is 8.46. The molecule has 1 atom stereocenters. The standard InChI is InChI=1S/C11H17ClN2/c1-8-4-2-5-9(12)11(8)10(14)6-3-7-13/h2,4-5,10H,3,6-7,13-14H2,1H3/t10-/m1/s1. The number of hydrogen-bond donors (Lipinski definition) is 2. The van der Waals surface area contributed by atoms with Gasteiger partial charge in [-0.3, -0.25) is 0 Å². The van der Waals surface area contributed by atoms with Gasteiger partial charge in [0.2, 0.25) is 0 Å². The van der Waals surface area contributed by atoms with E-state index in [0.29, 0.717) is 6.54 Å². The molecule has 78 valence electrons. The summed E-state index contributed by atoms with van der Waals surface area (Å²) in [7, 11) is 0. The van der Waals surface area contributed by atoms with Crippen LogP contribution in [0.15, 0.2) is 18.2 Å². The minimum absolute atomic E-state index is 0.00671. The molecule has 0 aliphatic rings. The van der Waals surface area contributed by atoms with Crippen molar-refractivity contribution in [1.82, 2.24) is 0 Å². The number of hydrogen-bond acceptors (Lipinski definition) is 2. The topological polar surface area (TPSA) is 52.0 Å². The Morgan fingerprint density at radius 3 is 2.71 bits per heavy atom. The van der Waals surface area contributed by atoms with Gasteiger partial charge in [0.25, 0.3) is 0 Å². The summed E-state index contributed by atoms with van der Waals surface area (Å²) in [5.41, 5.74) is 13.7. The van der Waals surface area contributed by atoms with Crippen molar-refractivity contribution in [3.63, 3.8) is 0 Å². The predicted octanol–water partition coefficient (Wildman–Crippen LogP) is 2.39. The first-order chi connectivity index (χ1) is 6.66.